The molecule has 4 rings (SSSR count). The van der Waals surface area contributed by atoms with Gasteiger partial charge in [-0.05, 0) is 61.2 Å². The molecule has 0 fully saturated rings. The van der Waals surface area contributed by atoms with E-state index in [1.807, 2.05) is 19.3 Å². The van der Waals surface area contributed by atoms with Crippen LogP contribution in [-0.4, -0.2) is 40.4 Å². The Morgan fingerprint density at radius 3 is 2.53 bits per heavy atom. The van der Waals surface area contributed by atoms with E-state index >= 15 is 0 Å². The molecule has 0 unspecified atom stereocenters. The number of aromatic amines is 2. The number of carbonyl (C=O) groups excluding carboxylic acids is 1. The molecule has 0 radical (unpaired) electrons. The summed E-state index contributed by atoms with van der Waals surface area (Å²) in [5.74, 6) is 0.00981. The molecule has 32 heavy (non-hydrogen) atoms. The molecule has 2 aromatic heterocycles. The van der Waals surface area contributed by atoms with E-state index in [-0.39, 0.29) is 12.5 Å². The number of Topliss-reactive ketones (excluding diaryl/α,β-unsaturated/α-hetero) is 1. The van der Waals surface area contributed by atoms with Crippen molar-refractivity contribution in [1.82, 2.24) is 15.2 Å². The van der Waals surface area contributed by atoms with Crippen LogP contribution < -0.4 is 0 Å². The molecule has 0 bridgehead atoms. The van der Waals surface area contributed by atoms with Crippen LogP contribution in [0.4, 0.5) is 4.39 Å². The summed E-state index contributed by atoms with van der Waals surface area (Å²) < 4.78 is 10.7. The number of hydrogen-bond acceptors (Lipinski definition) is 3. The maximum absolute atomic E-state index is 10.7. The zero-order chi connectivity index (χ0) is 23.5. The number of allylic oxidation sites excluding steroid dienone is 2. The minimum atomic E-state index is -0.181. The Morgan fingerprint density at radius 1 is 1.19 bits per heavy atom. The van der Waals surface area contributed by atoms with Gasteiger partial charge in [-0.25, -0.2) is 0 Å². The van der Waals surface area contributed by atoms with Crippen molar-refractivity contribution < 1.29 is 9.18 Å². The van der Waals surface area contributed by atoms with E-state index in [1.165, 1.54) is 39.9 Å². The van der Waals surface area contributed by atoms with Gasteiger partial charge >= 0.3 is 0 Å². The highest BCUT2D eigenvalue weighted by Gasteiger charge is 2.08. The first-order valence-electron chi connectivity index (χ1n) is 10.6. The van der Waals surface area contributed by atoms with Crippen LogP contribution in [0.2, 0.25) is 0 Å². The molecular formula is C26H31FN4O. The summed E-state index contributed by atoms with van der Waals surface area (Å²) in [6, 6.07) is 12.8. The minimum absolute atomic E-state index is 0.00981. The molecule has 0 aliphatic rings. The Morgan fingerprint density at radius 2 is 1.94 bits per heavy atom. The van der Waals surface area contributed by atoms with Crippen molar-refractivity contribution in [2.45, 2.75) is 34.1 Å². The van der Waals surface area contributed by atoms with Gasteiger partial charge in [0.15, 0.2) is 5.78 Å². The molecule has 0 saturated heterocycles. The van der Waals surface area contributed by atoms with E-state index in [1.54, 1.807) is 26.1 Å². The SMILES string of the molecule is C/C=C\C(=NC)C(C)=O.CCCF.Cc1cc(-c2cccc3[nH]ccc23)cc2[nH]ncc12. The van der Waals surface area contributed by atoms with E-state index in [0.717, 1.165) is 5.52 Å². The minimum Gasteiger partial charge on any atom is -0.361 e. The largest absolute Gasteiger partial charge is 0.361 e. The van der Waals surface area contributed by atoms with Gasteiger partial charge in [-0.3, -0.25) is 19.3 Å². The summed E-state index contributed by atoms with van der Waals surface area (Å²) in [4.78, 5) is 17.6. The number of nitrogens with zero attached hydrogens (tertiary/aromatic N) is 2. The van der Waals surface area contributed by atoms with Crippen molar-refractivity contribution >= 4 is 33.3 Å². The molecule has 2 N–H and O–H groups in total. The average molecular weight is 435 g/mol. The second-order valence-electron chi connectivity index (χ2n) is 7.22. The van der Waals surface area contributed by atoms with Crippen LogP contribution in [0.3, 0.4) is 0 Å². The number of benzene rings is 2. The van der Waals surface area contributed by atoms with Crippen LogP contribution in [-0.2, 0) is 4.79 Å². The summed E-state index contributed by atoms with van der Waals surface area (Å²) in [5, 5.41) is 9.61. The van der Waals surface area contributed by atoms with Crippen LogP contribution in [0.1, 0.15) is 32.8 Å². The smallest absolute Gasteiger partial charge is 0.177 e. The second-order valence-corrected chi connectivity index (χ2v) is 7.22. The molecule has 2 aromatic carbocycles. The van der Waals surface area contributed by atoms with Gasteiger partial charge < -0.3 is 4.98 Å². The summed E-state index contributed by atoms with van der Waals surface area (Å²) in [6.07, 6.45) is 8.01. The molecule has 2 heterocycles. The lowest BCUT2D eigenvalue weighted by Gasteiger charge is -2.06. The van der Waals surface area contributed by atoms with E-state index in [9.17, 15) is 9.18 Å². The van der Waals surface area contributed by atoms with E-state index in [2.05, 4.69) is 63.5 Å². The van der Waals surface area contributed by atoms with Gasteiger partial charge in [0.25, 0.3) is 0 Å². The van der Waals surface area contributed by atoms with Crippen LogP contribution in [0.5, 0.6) is 0 Å². The second kappa shape index (κ2) is 12.3. The first kappa shape index (κ1) is 24.7. The highest BCUT2D eigenvalue weighted by Crippen LogP contribution is 2.31. The number of aliphatic imine (C=N–C) groups is 1. The number of H-pyrrole nitrogens is 2. The van der Waals surface area contributed by atoms with Crippen molar-refractivity contribution in [2.75, 3.05) is 13.7 Å². The molecule has 0 amide bonds. The Kier molecular flexibility index (Phi) is 9.54. The van der Waals surface area contributed by atoms with Gasteiger partial charge in [0.2, 0.25) is 0 Å². The molecular weight excluding hydrogens is 403 g/mol. The van der Waals surface area contributed by atoms with Crippen LogP contribution >= 0.6 is 0 Å². The maximum atomic E-state index is 10.7. The third kappa shape index (κ3) is 6.23. The quantitative estimate of drug-likeness (QED) is 0.355. The first-order chi connectivity index (χ1) is 15.5. The van der Waals surface area contributed by atoms with Gasteiger partial charge in [-0.1, -0.05) is 31.2 Å². The van der Waals surface area contributed by atoms with Crippen LogP contribution in [0, 0.1) is 6.92 Å². The van der Waals surface area contributed by atoms with Crippen molar-refractivity contribution in [2.24, 2.45) is 4.99 Å². The third-order valence-electron chi connectivity index (χ3n) is 4.79. The van der Waals surface area contributed by atoms with E-state index in [0.29, 0.717) is 12.1 Å². The van der Waals surface area contributed by atoms with Crippen molar-refractivity contribution in [3.8, 4) is 11.1 Å². The topological polar surface area (TPSA) is 73.9 Å². The number of fused-ring (bicyclic) bond motifs is 2. The lowest BCUT2D eigenvalue weighted by Crippen LogP contribution is -2.05. The van der Waals surface area contributed by atoms with E-state index < -0.39 is 0 Å². The first-order valence-corrected chi connectivity index (χ1v) is 10.6. The number of hydrogen-bond donors (Lipinski definition) is 2. The standard InChI is InChI=1S/C16H13N3.C7H11NO.C3H7F/c1-10-7-11(8-16-14(10)9-18-19-16)12-3-2-4-15-13(12)5-6-17-15;1-4-5-7(8-3)6(2)9;1-2-3-4/h2-9,17H,1H3,(H,18,19);4-5H,1-3H3;2-3H2,1H3/b;5-4-,8-7?;. The number of ketones is 1. The number of rotatable bonds is 4. The van der Waals surface area contributed by atoms with Gasteiger partial charge in [0, 0.05) is 36.5 Å². The van der Waals surface area contributed by atoms with Crippen molar-refractivity contribution in [3.63, 3.8) is 0 Å². The number of alkyl halides is 1. The molecule has 0 spiro atoms. The Balaban J connectivity index is 0.000000236. The Bertz CT molecular complexity index is 1220. The molecule has 0 aliphatic heterocycles. The lowest BCUT2D eigenvalue weighted by atomic mass is 9.98. The lowest BCUT2D eigenvalue weighted by molar-refractivity contribution is -0.111. The Labute approximate surface area is 188 Å². The van der Waals surface area contributed by atoms with Gasteiger partial charge in [-0.15, -0.1) is 0 Å². The fourth-order valence-corrected chi connectivity index (χ4v) is 3.23. The fourth-order valence-electron chi connectivity index (χ4n) is 3.23. The molecule has 6 heteroatoms. The summed E-state index contributed by atoms with van der Waals surface area (Å²) in [7, 11) is 1.61. The zero-order valence-electron chi connectivity index (χ0n) is 19.4. The highest BCUT2D eigenvalue weighted by molar-refractivity contribution is 6.43. The Hall–Kier alpha value is -3.54. The molecule has 168 valence electrons. The summed E-state index contributed by atoms with van der Waals surface area (Å²) >= 11 is 0. The van der Waals surface area contributed by atoms with Gasteiger partial charge in [0.05, 0.1) is 24.1 Å². The fraction of sp³-hybridized carbons (Fsp3) is 0.269. The van der Waals surface area contributed by atoms with Crippen LogP contribution in [0.25, 0.3) is 32.9 Å². The van der Waals surface area contributed by atoms with Gasteiger partial charge in [-0.2, -0.15) is 5.10 Å². The molecule has 0 atom stereocenters. The monoisotopic (exact) mass is 434 g/mol. The molecule has 0 aliphatic carbocycles. The number of aryl methyl sites for hydroxylation is 1. The summed E-state index contributed by atoms with van der Waals surface area (Å²) in [5.41, 5.74) is 6.49. The van der Waals surface area contributed by atoms with Crippen molar-refractivity contribution in [1.29, 1.82) is 0 Å². The molecule has 4 aromatic rings. The average Bonchev–Trinajstić information content (AvgIpc) is 3.47. The predicted octanol–water partition coefficient (Wildman–Crippen LogP) is 6.61. The number of carbonyl (C=O) groups is 1. The summed E-state index contributed by atoms with van der Waals surface area (Å²) in [6.45, 7) is 7.11. The van der Waals surface area contributed by atoms with Crippen LogP contribution in [0.15, 0.2) is 65.9 Å². The number of halogens is 1. The number of aromatic nitrogens is 3. The number of nitrogens with one attached hydrogen (secondary N) is 2. The van der Waals surface area contributed by atoms with Crippen molar-refractivity contribution in [3.05, 3.63) is 66.5 Å². The third-order valence-corrected chi connectivity index (χ3v) is 4.79. The predicted molar refractivity (Wildman–Crippen MR) is 133 cm³/mol. The maximum Gasteiger partial charge on any atom is 0.177 e. The van der Waals surface area contributed by atoms with Gasteiger partial charge in [0.1, 0.15) is 0 Å². The van der Waals surface area contributed by atoms with E-state index in [4.69, 9.17) is 0 Å². The molecule has 5 nitrogen and oxygen atoms in total. The highest BCUT2D eigenvalue weighted by atomic mass is 19.1. The normalized spacial score (nSPS) is 11.2. The zero-order valence-corrected chi connectivity index (χ0v) is 19.4. The molecule has 0 saturated carbocycles.